The summed E-state index contributed by atoms with van der Waals surface area (Å²) in [5.74, 6) is 0.212. The first-order valence-electron chi connectivity index (χ1n) is 9.23. The lowest BCUT2D eigenvalue weighted by molar-refractivity contribution is 0.0635. The van der Waals surface area contributed by atoms with Crippen LogP contribution in [0.4, 0.5) is 16.2 Å². The Labute approximate surface area is 169 Å². The molecule has 150 valence electrons. The van der Waals surface area contributed by atoms with Gasteiger partial charge in [0.25, 0.3) is 5.91 Å². The third kappa shape index (κ3) is 5.25. The molecule has 2 amide bonds. The molecule has 3 aromatic rings. The van der Waals surface area contributed by atoms with Crippen molar-refractivity contribution in [1.29, 1.82) is 0 Å². The van der Waals surface area contributed by atoms with Gasteiger partial charge < -0.3 is 14.8 Å². The maximum Gasteiger partial charge on any atom is 0.412 e. The Kier molecular flexibility index (Phi) is 5.73. The van der Waals surface area contributed by atoms with E-state index < -0.39 is 11.7 Å². The number of carbonyl (C=O) groups excluding carboxylic acids is 2. The van der Waals surface area contributed by atoms with Crippen LogP contribution in [0.25, 0.3) is 10.8 Å². The van der Waals surface area contributed by atoms with Gasteiger partial charge in [0, 0.05) is 11.3 Å². The molecule has 0 spiro atoms. The van der Waals surface area contributed by atoms with Crippen molar-refractivity contribution in [3.63, 3.8) is 0 Å². The fourth-order valence-corrected chi connectivity index (χ4v) is 2.83. The molecule has 6 heteroatoms. The number of fused-ring (bicyclic) bond motifs is 1. The largest absolute Gasteiger partial charge is 0.495 e. The lowest BCUT2D eigenvalue weighted by Gasteiger charge is -2.20. The van der Waals surface area contributed by atoms with E-state index in [9.17, 15) is 9.59 Å². The van der Waals surface area contributed by atoms with Crippen LogP contribution < -0.4 is 15.4 Å². The number of benzene rings is 3. The highest BCUT2D eigenvalue weighted by Crippen LogP contribution is 2.29. The summed E-state index contributed by atoms with van der Waals surface area (Å²) in [4.78, 5) is 24.8. The molecule has 6 nitrogen and oxygen atoms in total. The molecule has 0 atom stereocenters. The Morgan fingerprint density at radius 1 is 0.862 bits per heavy atom. The normalized spacial score (nSPS) is 11.0. The SMILES string of the molecule is COc1ccc(NC(=O)c2ccc3ccccc3c2)cc1NC(=O)OC(C)(C)C. The predicted octanol–water partition coefficient (Wildman–Crippen LogP) is 5.45. The minimum atomic E-state index is -0.626. The average Bonchev–Trinajstić information content (AvgIpc) is 2.66. The molecule has 0 saturated carbocycles. The van der Waals surface area contributed by atoms with E-state index in [-0.39, 0.29) is 5.91 Å². The summed E-state index contributed by atoms with van der Waals surface area (Å²) in [6.07, 6.45) is -0.603. The second-order valence-electron chi connectivity index (χ2n) is 7.56. The fourth-order valence-electron chi connectivity index (χ4n) is 2.83. The average molecular weight is 392 g/mol. The summed E-state index contributed by atoms with van der Waals surface area (Å²) in [6.45, 7) is 5.35. The standard InChI is InChI=1S/C23H24N2O4/c1-23(2,3)29-22(27)25-19-14-18(11-12-20(19)28-4)24-21(26)17-10-9-15-7-5-6-8-16(15)13-17/h5-14H,1-4H3,(H,24,26)(H,25,27). The van der Waals surface area contributed by atoms with Gasteiger partial charge in [0.1, 0.15) is 11.4 Å². The summed E-state index contributed by atoms with van der Waals surface area (Å²) >= 11 is 0. The van der Waals surface area contributed by atoms with Crippen LogP contribution in [0.1, 0.15) is 31.1 Å². The Hall–Kier alpha value is -3.54. The Bertz CT molecular complexity index is 1050. The van der Waals surface area contributed by atoms with Gasteiger partial charge in [-0.05, 0) is 61.9 Å². The number of ether oxygens (including phenoxy) is 2. The van der Waals surface area contributed by atoms with E-state index in [2.05, 4.69) is 10.6 Å². The number of anilines is 2. The second kappa shape index (κ2) is 8.22. The first kappa shape index (κ1) is 20.2. The molecule has 0 saturated heterocycles. The Morgan fingerprint density at radius 3 is 2.28 bits per heavy atom. The van der Waals surface area contributed by atoms with Gasteiger partial charge in [-0.2, -0.15) is 0 Å². The van der Waals surface area contributed by atoms with E-state index in [1.54, 1.807) is 45.0 Å². The van der Waals surface area contributed by atoms with Crippen LogP contribution in [0.5, 0.6) is 5.75 Å². The summed E-state index contributed by atoms with van der Waals surface area (Å²) in [5, 5.41) is 7.56. The number of hydrogen-bond donors (Lipinski definition) is 2. The van der Waals surface area contributed by atoms with Crippen molar-refractivity contribution < 1.29 is 19.1 Å². The molecule has 0 radical (unpaired) electrons. The van der Waals surface area contributed by atoms with Crippen LogP contribution in [-0.4, -0.2) is 24.7 Å². The zero-order chi connectivity index (χ0) is 21.0. The van der Waals surface area contributed by atoms with Crippen LogP contribution in [0.2, 0.25) is 0 Å². The maximum absolute atomic E-state index is 12.7. The maximum atomic E-state index is 12.7. The molecule has 0 aromatic heterocycles. The van der Waals surface area contributed by atoms with Gasteiger partial charge in [-0.15, -0.1) is 0 Å². The van der Waals surface area contributed by atoms with E-state index in [1.165, 1.54) is 7.11 Å². The van der Waals surface area contributed by atoms with Crippen molar-refractivity contribution in [2.45, 2.75) is 26.4 Å². The highest BCUT2D eigenvalue weighted by atomic mass is 16.6. The van der Waals surface area contributed by atoms with Crippen LogP contribution >= 0.6 is 0 Å². The van der Waals surface area contributed by atoms with E-state index in [0.717, 1.165) is 10.8 Å². The molecule has 0 unspecified atom stereocenters. The van der Waals surface area contributed by atoms with Crippen LogP contribution in [0.15, 0.2) is 60.7 Å². The van der Waals surface area contributed by atoms with Crippen LogP contribution in [-0.2, 0) is 4.74 Å². The first-order chi connectivity index (χ1) is 13.7. The molecular weight excluding hydrogens is 368 g/mol. The number of methoxy groups -OCH3 is 1. The van der Waals surface area contributed by atoms with Crippen molar-refractivity contribution in [2.24, 2.45) is 0 Å². The van der Waals surface area contributed by atoms with Crippen LogP contribution in [0.3, 0.4) is 0 Å². The molecule has 0 aliphatic rings. The molecular formula is C23H24N2O4. The number of carbonyl (C=O) groups is 2. The molecule has 0 fully saturated rings. The highest BCUT2D eigenvalue weighted by Gasteiger charge is 2.18. The van der Waals surface area contributed by atoms with Crippen LogP contribution in [0, 0.1) is 0 Å². The molecule has 0 aliphatic heterocycles. The summed E-state index contributed by atoms with van der Waals surface area (Å²) < 4.78 is 10.6. The smallest absolute Gasteiger partial charge is 0.412 e. The molecule has 2 N–H and O–H groups in total. The van der Waals surface area contributed by atoms with Gasteiger partial charge in [-0.3, -0.25) is 10.1 Å². The van der Waals surface area contributed by atoms with E-state index in [0.29, 0.717) is 22.7 Å². The zero-order valence-corrected chi connectivity index (χ0v) is 16.9. The number of nitrogens with one attached hydrogen (secondary N) is 2. The molecule has 3 aromatic carbocycles. The molecule has 3 rings (SSSR count). The van der Waals surface area contributed by atoms with Crippen molar-refractivity contribution in [3.05, 3.63) is 66.2 Å². The molecule has 0 bridgehead atoms. The van der Waals surface area contributed by atoms with Gasteiger partial charge >= 0.3 is 6.09 Å². The van der Waals surface area contributed by atoms with Crippen molar-refractivity contribution in [1.82, 2.24) is 0 Å². The summed E-state index contributed by atoms with van der Waals surface area (Å²) in [6, 6.07) is 18.4. The quantitative estimate of drug-likeness (QED) is 0.619. The highest BCUT2D eigenvalue weighted by molar-refractivity contribution is 6.06. The fraction of sp³-hybridized carbons (Fsp3) is 0.217. The molecule has 29 heavy (non-hydrogen) atoms. The third-order valence-corrected chi connectivity index (χ3v) is 4.10. The van der Waals surface area contributed by atoms with Gasteiger partial charge in [-0.25, -0.2) is 4.79 Å². The number of hydrogen-bond acceptors (Lipinski definition) is 4. The lowest BCUT2D eigenvalue weighted by Crippen LogP contribution is -2.27. The van der Waals surface area contributed by atoms with Gasteiger partial charge in [0.2, 0.25) is 0 Å². The minimum Gasteiger partial charge on any atom is -0.495 e. The van der Waals surface area contributed by atoms with Crippen molar-refractivity contribution in [3.8, 4) is 5.75 Å². The van der Waals surface area contributed by atoms with Gasteiger partial charge in [-0.1, -0.05) is 30.3 Å². The summed E-state index contributed by atoms with van der Waals surface area (Å²) in [5.41, 5.74) is 0.841. The predicted molar refractivity (Wildman–Crippen MR) is 115 cm³/mol. The van der Waals surface area contributed by atoms with E-state index in [4.69, 9.17) is 9.47 Å². The molecule has 0 aliphatic carbocycles. The second-order valence-corrected chi connectivity index (χ2v) is 7.56. The minimum absolute atomic E-state index is 0.246. The van der Waals surface area contributed by atoms with Crippen molar-refractivity contribution in [2.75, 3.05) is 17.7 Å². The number of rotatable bonds is 4. The first-order valence-corrected chi connectivity index (χ1v) is 9.23. The van der Waals surface area contributed by atoms with E-state index in [1.807, 2.05) is 36.4 Å². The zero-order valence-electron chi connectivity index (χ0n) is 16.9. The van der Waals surface area contributed by atoms with Crippen molar-refractivity contribution >= 4 is 34.1 Å². The Morgan fingerprint density at radius 2 is 1.59 bits per heavy atom. The summed E-state index contributed by atoms with van der Waals surface area (Å²) in [7, 11) is 1.50. The van der Waals surface area contributed by atoms with Gasteiger partial charge in [0.05, 0.1) is 12.8 Å². The monoisotopic (exact) mass is 392 g/mol. The van der Waals surface area contributed by atoms with E-state index >= 15 is 0 Å². The number of amides is 2. The lowest BCUT2D eigenvalue weighted by atomic mass is 10.1. The van der Waals surface area contributed by atoms with Gasteiger partial charge in [0.15, 0.2) is 0 Å². The third-order valence-electron chi connectivity index (χ3n) is 4.10. The topological polar surface area (TPSA) is 76.7 Å². The molecule has 0 heterocycles. The Balaban J connectivity index is 1.79.